The highest BCUT2D eigenvalue weighted by molar-refractivity contribution is 7.81. The normalized spacial score (nSPS) is 34.1. The van der Waals surface area contributed by atoms with Crippen LogP contribution in [0.4, 0.5) is 13.6 Å². The first kappa shape index (κ1) is 18.5. The molecule has 1 aliphatic carbocycles. The topological polar surface area (TPSA) is 58.6 Å². The van der Waals surface area contributed by atoms with E-state index >= 15 is 0 Å². The molecule has 1 rings (SSSR count). The Morgan fingerprint density at radius 3 is 2.48 bits per heavy atom. The number of aliphatic hydroxyl groups is 1. The van der Waals surface area contributed by atoms with Crippen LogP contribution in [0.2, 0.25) is 0 Å². The number of thiol groups is 1. The second kappa shape index (κ2) is 5.91. The van der Waals surface area contributed by atoms with Gasteiger partial charge in [0.15, 0.2) is 0 Å². The fraction of sp³-hybridized carbons (Fsp3) is 0.929. The molecular weight excluding hydrogens is 300 g/mol. The number of nitrogens with one attached hydrogen (secondary N) is 1. The highest BCUT2D eigenvalue weighted by Gasteiger charge is 2.54. The molecule has 4 atom stereocenters. The van der Waals surface area contributed by atoms with E-state index in [0.29, 0.717) is 0 Å². The molecule has 0 radical (unpaired) electrons. The second-order valence-electron chi connectivity index (χ2n) is 6.99. The van der Waals surface area contributed by atoms with Crippen molar-refractivity contribution in [2.45, 2.75) is 70.0 Å². The van der Waals surface area contributed by atoms with E-state index in [1.165, 1.54) is 6.92 Å². The highest BCUT2D eigenvalue weighted by atomic mass is 32.1. The molecule has 2 N–H and O–H groups in total. The van der Waals surface area contributed by atoms with Gasteiger partial charge in [-0.2, -0.15) is 0 Å². The Morgan fingerprint density at radius 1 is 1.48 bits per heavy atom. The van der Waals surface area contributed by atoms with Crippen molar-refractivity contribution in [3.05, 3.63) is 0 Å². The third-order valence-corrected chi connectivity index (χ3v) is 4.26. The van der Waals surface area contributed by atoms with Gasteiger partial charge in [-0.25, -0.2) is 13.6 Å². The van der Waals surface area contributed by atoms with Crippen molar-refractivity contribution >= 4 is 18.7 Å². The number of ether oxygens (including phenoxy) is 1. The van der Waals surface area contributed by atoms with Crippen molar-refractivity contribution in [1.29, 1.82) is 0 Å². The van der Waals surface area contributed by atoms with Gasteiger partial charge in [-0.05, 0) is 34.1 Å². The summed E-state index contributed by atoms with van der Waals surface area (Å²) in [6.07, 6.45) is -1.29. The quantitative estimate of drug-likeness (QED) is 0.540. The minimum absolute atomic E-state index is 0.0734. The lowest BCUT2D eigenvalue weighted by atomic mass is 9.74. The van der Waals surface area contributed by atoms with Gasteiger partial charge in [0.25, 0.3) is 5.92 Å². The van der Waals surface area contributed by atoms with Crippen molar-refractivity contribution in [1.82, 2.24) is 5.32 Å². The van der Waals surface area contributed by atoms with E-state index in [1.54, 1.807) is 27.7 Å². The molecule has 4 nitrogen and oxygen atoms in total. The number of amides is 1. The first-order chi connectivity index (χ1) is 9.24. The number of hydrogen-bond donors (Lipinski definition) is 3. The van der Waals surface area contributed by atoms with Crippen LogP contribution in [0.5, 0.6) is 0 Å². The fourth-order valence-electron chi connectivity index (χ4n) is 2.59. The summed E-state index contributed by atoms with van der Waals surface area (Å²) >= 11 is 4.00. The van der Waals surface area contributed by atoms with Crippen LogP contribution in [0.25, 0.3) is 0 Å². The van der Waals surface area contributed by atoms with Gasteiger partial charge in [0, 0.05) is 24.3 Å². The van der Waals surface area contributed by atoms with E-state index in [2.05, 4.69) is 17.9 Å². The largest absolute Gasteiger partial charge is 0.444 e. The van der Waals surface area contributed by atoms with Gasteiger partial charge in [-0.1, -0.05) is 6.92 Å². The Hall–Kier alpha value is -0.560. The number of rotatable bonds is 2. The summed E-state index contributed by atoms with van der Waals surface area (Å²) < 4.78 is 32.5. The Balaban J connectivity index is 2.73. The van der Waals surface area contributed by atoms with Crippen LogP contribution >= 0.6 is 12.6 Å². The summed E-state index contributed by atoms with van der Waals surface area (Å²) in [5.74, 6) is -4.42. The predicted octanol–water partition coefficient (Wildman–Crippen LogP) is 3.20. The standard InChI is InChI=1S/C14H25F2NO3S/c1-8-6-10(14(19,21)7-13(8,15)16)9(2)17-11(18)20-12(3,4)5/h8-10,19,21H,6-7H2,1-5H3,(H,17,18). The molecule has 1 fully saturated rings. The number of alkyl carbamates (subject to hydrolysis) is 1. The number of carbonyl (C=O) groups excluding carboxylic acids is 1. The molecule has 0 heterocycles. The highest BCUT2D eigenvalue weighted by Crippen LogP contribution is 2.48. The van der Waals surface area contributed by atoms with Gasteiger partial charge < -0.3 is 15.2 Å². The summed E-state index contributed by atoms with van der Waals surface area (Å²) in [7, 11) is 0. The first-order valence-corrected chi connectivity index (χ1v) is 7.51. The zero-order chi connectivity index (χ0) is 16.6. The lowest BCUT2D eigenvalue weighted by molar-refractivity contribution is -0.149. The van der Waals surface area contributed by atoms with E-state index in [1.807, 2.05) is 0 Å². The number of carbonyl (C=O) groups is 1. The summed E-state index contributed by atoms with van der Waals surface area (Å²) in [5.41, 5.74) is -0.645. The SMILES string of the molecule is CC(NC(=O)OC(C)(C)C)C1CC(C)C(F)(F)CC1(O)S. The van der Waals surface area contributed by atoms with Gasteiger partial charge in [0.2, 0.25) is 0 Å². The zero-order valence-corrected chi connectivity index (χ0v) is 14.0. The minimum Gasteiger partial charge on any atom is -0.444 e. The maximum atomic E-state index is 13.7. The van der Waals surface area contributed by atoms with Gasteiger partial charge >= 0.3 is 6.09 Å². The molecular formula is C14H25F2NO3S. The fourth-order valence-corrected chi connectivity index (χ4v) is 3.13. The van der Waals surface area contributed by atoms with Crippen LogP contribution in [0.15, 0.2) is 0 Å². The first-order valence-electron chi connectivity index (χ1n) is 7.07. The summed E-state index contributed by atoms with van der Waals surface area (Å²) in [5, 5.41) is 12.8. The van der Waals surface area contributed by atoms with E-state index in [4.69, 9.17) is 4.74 Å². The van der Waals surface area contributed by atoms with E-state index in [-0.39, 0.29) is 6.42 Å². The van der Waals surface area contributed by atoms with E-state index in [9.17, 15) is 18.7 Å². The van der Waals surface area contributed by atoms with Crippen molar-refractivity contribution < 1.29 is 23.4 Å². The monoisotopic (exact) mass is 325 g/mol. The third kappa shape index (κ3) is 4.98. The van der Waals surface area contributed by atoms with Crippen LogP contribution in [-0.2, 0) is 4.74 Å². The Bertz CT molecular complexity index is 396. The lowest BCUT2D eigenvalue weighted by Gasteiger charge is -2.45. The van der Waals surface area contributed by atoms with Crippen molar-refractivity contribution in [3.63, 3.8) is 0 Å². The van der Waals surface area contributed by atoms with E-state index in [0.717, 1.165) is 0 Å². The average Bonchev–Trinajstić information content (AvgIpc) is 2.18. The molecule has 0 saturated heterocycles. The molecule has 0 bridgehead atoms. The molecule has 1 aliphatic rings. The molecule has 1 amide bonds. The number of hydrogen-bond acceptors (Lipinski definition) is 4. The second-order valence-corrected chi connectivity index (χ2v) is 7.77. The summed E-state index contributed by atoms with van der Waals surface area (Å²) in [4.78, 5) is 9.91. The van der Waals surface area contributed by atoms with Crippen LogP contribution in [0.3, 0.4) is 0 Å². The smallest absolute Gasteiger partial charge is 0.407 e. The maximum Gasteiger partial charge on any atom is 0.407 e. The molecule has 0 spiro atoms. The minimum atomic E-state index is -2.96. The maximum absolute atomic E-state index is 13.7. The molecule has 0 aromatic carbocycles. The van der Waals surface area contributed by atoms with Gasteiger partial charge in [0.05, 0.1) is 0 Å². The number of halogens is 2. The molecule has 4 unspecified atom stereocenters. The van der Waals surface area contributed by atoms with Crippen LogP contribution in [0.1, 0.15) is 47.5 Å². The number of alkyl halides is 2. The van der Waals surface area contributed by atoms with E-state index < -0.39 is 46.8 Å². The van der Waals surface area contributed by atoms with Gasteiger partial charge in [-0.3, -0.25) is 0 Å². The van der Waals surface area contributed by atoms with Gasteiger partial charge in [-0.15, -0.1) is 12.6 Å². The molecule has 0 aromatic heterocycles. The third-order valence-electron chi connectivity index (χ3n) is 3.77. The molecule has 0 aliphatic heterocycles. The molecule has 21 heavy (non-hydrogen) atoms. The van der Waals surface area contributed by atoms with Crippen molar-refractivity contribution in [3.8, 4) is 0 Å². The molecule has 1 saturated carbocycles. The van der Waals surface area contributed by atoms with Crippen molar-refractivity contribution in [2.24, 2.45) is 11.8 Å². The molecule has 7 heteroatoms. The summed E-state index contributed by atoms with van der Waals surface area (Å²) in [6.45, 7) is 8.29. The zero-order valence-electron chi connectivity index (χ0n) is 13.1. The molecule has 0 aromatic rings. The Kier molecular flexibility index (Phi) is 5.20. The van der Waals surface area contributed by atoms with Crippen LogP contribution in [0, 0.1) is 11.8 Å². The van der Waals surface area contributed by atoms with Gasteiger partial charge in [0.1, 0.15) is 10.5 Å². The van der Waals surface area contributed by atoms with Crippen LogP contribution in [-0.4, -0.2) is 33.7 Å². The average molecular weight is 325 g/mol. The predicted molar refractivity (Wildman–Crippen MR) is 79.6 cm³/mol. The lowest BCUT2D eigenvalue weighted by Crippen LogP contribution is -2.55. The Labute approximate surface area is 130 Å². The Morgan fingerprint density at radius 2 is 2.00 bits per heavy atom. The molecule has 124 valence electrons. The summed E-state index contributed by atoms with van der Waals surface area (Å²) in [6, 6.07) is -0.527. The van der Waals surface area contributed by atoms with Crippen LogP contribution < -0.4 is 5.32 Å². The van der Waals surface area contributed by atoms with Crippen molar-refractivity contribution in [2.75, 3.05) is 0 Å².